The van der Waals surface area contributed by atoms with Crippen molar-refractivity contribution in [2.75, 3.05) is 0 Å². The number of halogens is 1. The van der Waals surface area contributed by atoms with Gasteiger partial charge in [0.05, 0.1) is 5.69 Å². The molecule has 0 bridgehead atoms. The predicted molar refractivity (Wildman–Crippen MR) is 76.0 cm³/mol. The first-order valence-corrected chi connectivity index (χ1v) is 6.46. The van der Waals surface area contributed by atoms with Gasteiger partial charge in [0.2, 0.25) is 0 Å². The van der Waals surface area contributed by atoms with Gasteiger partial charge in [-0.05, 0) is 31.9 Å². The van der Waals surface area contributed by atoms with Gasteiger partial charge in [-0.3, -0.25) is 0 Å². The van der Waals surface area contributed by atoms with Crippen molar-refractivity contribution in [1.82, 2.24) is 9.97 Å². The third-order valence-electron chi connectivity index (χ3n) is 2.91. The summed E-state index contributed by atoms with van der Waals surface area (Å²) in [5.74, 6) is 0.300. The Morgan fingerprint density at radius 3 is 2.17 bits per heavy atom. The summed E-state index contributed by atoms with van der Waals surface area (Å²) >= 11 is 6.20. The third kappa shape index (κ3) is 2.54. The SMILES string of the molecule is Cc1cc(C)cc(-c2ncnc(Cl)c2C(C)C)c1. The van der Waals surface area contributed by atoms with E-state index in [1.807, 2.05) is 0 Å². The van der Waals surface area contributed by atoms with E-state index in [-0.39, 0.29) is 0 Å². The molecule has 2 aromatic rings. The Hall–Kier alpha value is -1.41. The van der Waals surface area contributed by atoms with Crippen molar-refractivity contribution >= 4 is 11.6 Å². The molecule has 0 N–H and O–H groups in total. The highest BCUT2D eigenvalue weighted by Crippen LogP contribution is 2.32. The van der Waals surface area contributed by atoms with Crippen molar-refractivity contribution in [2.45, 2.75) is 33.6 Å². The molecular weight excluding hydrogens is 244 g/mol. The van der Waals surface area contributed by atoms with Gasteiger partial charge in [0.15, 0.2) is 0 Å². The normalized spacial score (nSPS) is 11.0. The van der Waals surface area contributed by atoms with E-state index in [0.29, 0.717) is 11.1 Å². The van der Waals surface area contributed by atoms with Crippen molar-refractivity contribution in [2.24, 2.45) is 0 Å². The van der Waals surface area contributed by atoms with E-state index in [1.165, 1.54) is 17.5 Å². The summed E-state index contributed by atoms with van der Waals surface area (Å²) in [6.45, 7) is 8.40. The lowest BCUT2D eigenvalue weighted by Crippen LogP contribution is -1.99. The van der Waals surface area contributed by atoms with Crippen LogP contribution in [-0.4, -0.2) is 9.97 Å². The van der Waals surface area contributed by atoms with Gasteiger partial charge in [0, 0.05) is 11.1 Å². The average Bonchev–Trinajstić information content (AvgIpc) is 2.26. The van der Waals surface area contributed by atoms with Gasteiger partial charge in [0.25, 0.3) is 0 Å². The summed E-state index contributed by atoms with van der Waals surface area (Å²) in [5.41, 5.74) is 5.53. The van der Waals surface area contributed by atoms with Crippen molar-refractivity contribution < 1.29 is 0 Å². The topological polar surface area (TPSA) is 25.8 Å². The van der Waals surface area contributed by atoms with Gasteiger partial charge in [-0.25, -0.2) is 9.97 Å². The Morgan fingerprint density at radius 1 is 1.00 bits per heavy atom. The standard InChI is InChI=1S/C15H17ClN2/c1-9(2)13-14(17-8-18-15(13)16)12-6-10(3)5-11(4)7-12/h5-9H,1-4H3. The fraction of sp³-hybridized carbons (Fsp3) is 0.333. The molecule has 0 fully saturated rings. The Morgan fingerprint density at radius 2 is 1.61 bits per heavy atom. The maximum atomic E-state index is 6.20. The molecule has 0 aliphatic heterocycles. The summed E-state index contributed by atoms with van der Waals surface area (Å²) in [7, 11) is 0. The second kappa shape index (κ2) is 5.07. The average molecular weight is 261 g/mol. The van der Waals surface area contributed by atoms with Crippen LogP contribution in [0.25, 0.3) is 11.3 Å². The molecule has 1 aromatic heterocycles. The number of hydrogen-bond acceptors (Lipinski definition) is 2. The predicted octanol–water partition coefficient (Wildman–Crippen LogP) is 4.54. The largest absolute Gasteiger partial charge is 0.236 e. The molecule has 0 saturated carbocycles. The Balaban J connectivity index is 2.67. The molecule has 0 radical (unpaired) electrons. The van der Waals surface area contributed by atoms with Gasteiger partial charge in [0.1, 0.15) is 11.5 Å². The summed E-state index contributed by atoms with van der Waals surface area (Å²) in [6, 6.07) is 6.43. The number of aryl methyl sites for hydroxylation is 2. The van der Waals surface area contributed by atoms with Gasteiger partial charge in [-0.15, -0.1) is 0 Å². The number of aromatic nitrogens is 2. The van der Waals surface area contributed by atoms with Crippen LogP contribution in [0.4, 0.5) is 0 Å². The number of rotatable bonds is 2. The van der Waals surface area contributed by atoms with Crippen LogP contribution in [-0.2, 0) is 0 Å². The lowest BCUT2D eigenvalue weighted by Gasteiger charge is -2.13. The minimum absolute atomic E-state index is 0.300. The second-order valence-electron chi connectivity index (χ2n) is 4.96. The smallest absolute Gasteiger partial charge is 0.136 e. The molecule has 0 spiro atoms. The number of nitrogens with zero attached hydrogens (tertiary/aromatic N) is 2. The molecule has 2 rings (SSSR count). The van der Waals surface area contributed by atoms with Crippen LogP contribution >= 0.6 is 11.6 Å². The molecule has 3 heteroatoms. The Kier molecular flexibility index (Phi) is 3.67. The van der Waals surface area contributed by atoms with Crippen molar-refractivity contribution in [3.8, 4) is 11.3 Å². The van der Waals surface area contributed by atoms with E-state index in [0.717, 1.165) is 16.8 Å². The van der Waals surface area contributed by atoms with E-state index in [2.05, 4.69) is 55.9 Å². The monoisotopic (exact) mass is 260 g/mol. The molecule has 94 valence electrons. The molecule has 0 atom stereocenters. The van der Waals surface area contributed by atoms with Crippen LogP contribution in [0.1, 0.15) is 36.5 Å². The van der Waals surface area contributed by atoms with Crippen molar-refractivity contribution in [1.29, 1.82) is 0 Å². The first-order chi connectivity index (χ1) is 8.49. The second-order valence-corrected chi connectivity index (χ2v) is 5.32. The Bertz CT molecular complexity index is 556. The number of hydrogen-bond donors (Lipinski definition) is 0. The fourth-order valence-corrected chi connectivity index (χ4v) is 2.58. The minimum atomic E-state index is 0.300. The summed E-state index contributed by atoms with van der Waals surface area (Å²) < 4.78 is 0. The third-order valence-corrected chi connectivity index (χ3v) is 3.21. The number of benzene rings is 1. The molecule has 0 amide bonds. The first kappa shape index (κ1) is 13.0. The maximum absolute atomic E-state index is 6.20. The molecule has 0 aliphatic rings. The lowest BCUT2D eigenvalue weighted by molar-refractivity contribution is 0.849. The van der Waals surface area contributed by atoms with E-state index >= 15 is 0 Å². The highest BCUT2D eigenvalue weighted by Gasteiger charge is 2.15. The van der Waals surface area contributed by atoms with Crippen LogP contribution in [0, 0.1) is 13.8 Å². The molecule has 0 unspecified atom stereocenters. The highest BCUT2D eigenvalue weighted by molar-refractivity contribution is 6.30. The van der Waals surface area contributed by atoms with Crippen LogP contribution in [0.15, 0.2) is 24.5 Å². The quantitative estimate of drug-likeness (QED) is 0.741. The van der Waals surface area contributed by atoms with E-state index < -0.39 is 0 Å². The van der Waals surface area contributed by atoms with E-state index in [9.17, 15) is 0 Å². The fourth-order valence-electron chi connectivity index (χ4n) is 2.23. The molecular formula is C15H17ClN2. The Labute approximate surface area is 113 Å². The molecule has 1 aromatic carbocycles. The highest BCUT2D eigenvalue weighted by atomic mass is 35.5. The molecule has 18 heavy (non-hydrogen) atoms. The molecule has 2 nitrogen and oxygen atoms in total. The first-order valence-electron chi connectivity index (χ1n) is 6.08. The zero-order valence-electron chi connectivity index (χ0n) is 11.2. The van der Waals surface area contributed by atoms with Gasteiger partial charge in [-0.1, -0.05) is 42.6 Å². The van der Waals surface area contributed by atoms with E-state index in [4.69, 9.17) is 11.6 Å². The zero-order valence-corrected chi connectivity index (χ0v) is 11.9. The molecule has 0 aliphatic carbocycles. The van der Waals surface area contributed by atoms with Crippen LogP contribution in [0.3, 0.4) is 0 Å². The lowest BCUT2D eigenvalue weighted by atomic mass is 9.96. The van der Waals surface area contributed by atoms with Crippen LogP contribution < -0.4 is 0 Å². The summed E-state index contributed by atoms with van der Waals surface area (Å²) in [5, 5.41) is 0.550. The van der Waals surface area contributed by atoms with Gasteiger partial charge >= 0.3 is 0 Å². The van der Waals surface area contributed by atoms with Gasteiger partial charge < -0.3 is 0 Å². The summed E-state index contributed by atoms with van der Waals surface area (Å²) in [4.78, 5) is 8.50. The van der Waals surface area contributed by atoms with Crippen molar-refractivity contribution in [3.63, 3.8) is 0 Å². The minimum Gasteiger partial charge on any atom is -0.236 e. The molecule has 0 saturated heterocycles. The summed E-state index contributed by atoms with van der Waals surface area (Å²) in [6.07, 6.45) is 1.53. The van der Waals surface area contributed by atoms with E-state index in [1.54, 1.807) is 0 Å². The van der Waals surface area contributed by atoms with Gasteiger partial charge in [-0.2, -0.15) is 0 Å². The maximum Gasteiger partial charge on any atom is 0.136 e. The molecule has 1 heterocycles. The van der Waals surface area contributed by atoms with Crippen molar-refractivity contribution in [3.05, 3.63) is 46.4 Å². The van der Waals surface area contributed by atoms with Crippen LogP contribution in [0.2, 0.25) is 5.15 Å². The van der Waals surface area contributed by atoms with Crippen LogP contribution in [0.5, 0.6) is 0 Å². The zero-order chi connectivity index (χ0) is 13.3.